The van der Waals surface area contributed by atoms with Crippen LogP contribution in [0.4, 0.5) is 5.69 Å². The summed E-state index contributed by atoms with van der Waals surface area (Å²) in [6.07, 6.45) is -0.0655. The van der Waals surface area contributed by atoms with E-state index in [-0.39, 0.29) is 23.0 Å². The highest BCUT2D eigenvalue weighted by molar-refractivity contribution is 7.91. The van der Waals surface area contributed by atoms with Crippen LogP contribution < -0.4 is 5.32 Å². The van der Waals surface area contributed by atoms with Crippen molar-refractivity contribution >= 4 is 21.4 Å². The number of carbonyl (C=O) groups excluding carboxylic acids is 1. The number of rotatable bonds is 5. The van der Waals surface area contributed by atoms with Crippen molar-refractivity contribution in [2.75, 3.05) is 11.1 Å². The maximum absolute atomic E-state index is 12.2. The van der Waals surface area contributed by atoms with E-state index in [2.05, 4.69) is 5.32 Å². The summed E-state index contributed by atoms with van der Waals surface area (Å²) in [4.78, 5) is 12.4. The fourth-order valence-corrected chi connectivity index (χ4v) is 3.81. The van der Waals surface area contributed by atoms with Gasteiger partial charge in [-0.25, -0.2) is 8.42 Å². The number of nitrogens with one attached hydrogen (secondary N) is 1. The van der Waals surface area contributed by atoms with Gasteiger partial charge in [-0.1, -0.05) is 35.9 Å². The Morgan fingerprint density at radius 1 is 1.00 bits per heavy atom. The Morgan fingerprint density at radius 2 is 1.57 bits per heavy atom. The predicted molar refractivity (Wildman–Crippen MR) is 92.4 cm³/mol. The van der Waals surface area contributed by atoms with Crippen LogP contribution in [0.5, 0.6) is 0 Å². The van der Waals surface area contributed by atoms with E-state index in [1.807, 2.05) is 32.9 Å². The van der Waals surface area contributed by atoms with Crippen molar-refractivity contribution in [3.05, 3.63) is 59.2 Å². The molecule has 0 spiro atoms. The normalized spacial score (nSPS) is 11.3. The molecule has 5 heteroatoms. The highest BCUT2D eigenvalue weighted by Crippen LogP contribution is 2.22. The molecule has 2 rings (SSSR count). The zero-order chi connectivity index (χ0) is 17.0. The van der Waals surface area contributed by atoms with Gasteiger partial charge in [0.25, 0.3) is 0 Å². The van der Waals surface area contributed by atoms with Crippen LogP contribution in [-0.4, -0.2) is 20.1 Å². The summed E-state index contributed by atoms with van der Waals surface area (Å²) in [6, 6.07) is 12.2. The third kappa shape index (κ3) is 4.42. The lowest BCUT2D eigenvalue weighted by Gasteiger charge is -2.13. The van der Waals surface area contributed by atoms with Crippen LogP contribution >= 0.6 is 0 Å². The summed E-state index contributed by atoms with van der Waals surface area (Å²) >= 11 is 0. The van der Waals surface area contributed by atoms with Crippen LogP contribution in [0.3, 0.4) is 0 Å². The van der Waals surface area contributed by atoms with Crippen molar-refractivity contribution in [1.29, 1.82) is 0 Å². The molecule has 0 aliphatic rings. The standard InChI is InChI=1S/C18H21NO3S/c1-13-11-14(2)18(15(3)12-13)19-17(20)9-10-23(21,22)16-7-5-4-6-8-16/h4-8,11-12H,9-10H2,1-3H3,(H,19,20). The summed E-state index contributed by atoms with van der Waals surface area (Å²) in [6.45, 7) is 5.85. The minimum Gasteiger partial charge on any atom is -0.326 e. The van der Waals surface area contributed by atoms with Gasteiger partial charge in [-0.15, -0.1) is 0 Å². The van der Waals surface area contributed by atoms with Gasteiger partial charge in [0.05, 0.1) is 10.6 Å². The topological polar surface area (TPSA) is 63.2 Å². The first-order chi connectivity index (χ1) is 10.8. The molecule has 0 aliphatic carbocycles. The van der Waals surface area contributed by atoms with Gasteiger partial charge in [-0.05, 0) is 44.0 Å². The summed E-state index contributed by atoms with van der Waals surface area (Å²) < 4.78 is 24.4. The van der Waals surface area contributed by atoms with E-state index in [1.165, 1.54) is 0 Å². The number of sulfone groups is 1. The van der Waals surface area contributed by atoms with Crippen LogP contribution in [0.15, 0.2) is 47.4 Å². The van der Waals surface area contributed by atoms with Crippen molar-refractivity contribution in [2.24, 2.45) is 0 Å². The van der Waals surface area contributed by atoms with Crippen LogP contribution in [0.25, 0.3) is 0 Å². The molecule has 0 aromatic heterocycles. The molecular formula is C18H21NO3S. The first-order valence-electron chi connectivity index (χ1n) is 7.45. The Hall–Kier alpha value is -2.14. The minimum atomic E-state index is -3.44. The lowest BCUT2D eigenvalue weighted by Crippen LogP contribution is -2.18. The van der Waals surface area contributed by atoms with Crippen LogP contribution in [0.1, 0.15) is 23.1 Å². The average Bonchev–Trinajstić information content (AvgIpc) is 2.50. The molecule has 0 heterocycles. The van der Waals surface area contributed by atoms with E-state index in [4.69, 9.17) is 0 Å². The molecule has 4 nitrogen and oxygen atoms in total. The molecule has 1 amide bonds. The number of amides is 1. The fraction of sp³-hybridized carbons (Fsp3) is 0.278. The number of carbonyl (C=O) groups is 1. The minimum absolute atomic E-state index is 0.0655. The maximum atomic E-state index is 12.2. The molecule has 0 aliphatic heterocycles. The number of benzene rings is 2. The molecule has 2 aromatic carbocycles. The molecule has 0 atom stereocenters. The zero-order valence-electron chi connectivity index (χ0n) is 13.6. The number of anilines is 1. The van der Waals surface area contributed by atoms with Crippen LogP contribution in [0, 0.1) is 20.8 Å². The van der Waals surface area contributed by atoms with Gasteiger partial charge in [0.1, 0.15) is 0 Å². The van der Waals surface area contributed by atoms with E-state index in [1.54, 1.807) is 30.3 Å². The molecule has 2 aromatic rings. The monoisotopic (exact) mass is 331 g/mol. The Balaban J connectivity index is 2.04. The van der Waals surface area contributed by atoms with Crippen molar-refractivity contribution in [2.45, 2.75) is 32.1 Å². The molecule has 23 heavy (non-hydrogen) atoms. The van der Waals surface area contributed by atoms with Crippen LogP contribution in [-0.2, 0) is 14.6 Å². The second kappa shape index (κ2) is 6.96. The molecule has 1 N–H and O–H groups in total. The second-order valence-corrected chi connectivity index (χ2v) is 7.81. The van der Waals surface area contributed by atoms with Gasteiger partial charge in [-0.2, -0.15) is 0 Å². The quantitative estimate of drug-likeness (QED) is 0.913. The van der Waals surface area contributed by atoms with E-state index in [0.29, 0.717) is 0 Å². The molecule has 0 unspecified atom stereocenters. The SMILES string of the molecule is Cc1cc(C)c(NC(=O)CCS(=O)(=O)c2ccccc2)c(C)c1. The van der Waals surface area contributed by atoms with Crippen molar-refractivity contribution < 1.29 is 13.2 Å². The smallest absolute Gasteiger partial charge is 0.225 e. The van der Waals surface area contributed by atoms with Crippen molar-refractivity contribution in [3.8, 4) is 0 Å². The number of aryl methyl sites for hydroxylation is 3. The second-order valence-electron chi connectivity index (χ2n) is 5.70. The van der Waals surface area contributed by atoms with E-state index >= 15 is 0 Å². The molecule has 0 radical (unpaired) electrons. The summed E-state index contributed by atoms with van der Waals surface area (Å²) in [5.41, 5.74) is 3.84. The summed E-state index contributed by atoms with van der Waals surface area (Å²) in [5, 5.41) is 2.83. The molecule has 122 valence electrons. The van der Waals surface area contributed by atoms with Crippen molar-refractivity contribution in [3.63, 3.8) is 0 Å². The molecule has 0 bridgehead atoms. The van der Waals surface area contributed by atoms with Gasteiger partial charge < -0.3 is 5.32 Å². The Morgan fingerprint density at radius 3 is 2.13 bits per heavy atom. The molecule has 0 fully saturated rings. The highest BCUT2D eigenvalue weighted by Gasteiger charge is 2.17. The first-order valence-corrected chi connectivity index (χ1v) is 9.10. The van der Waals surface area contributed by atoms with Gasteiger partial charge in [0.15, 0.2) is 9.84 Å². The van der Waals surface area contributed by atoms with E-state index in [9.17, 15) is 13.2 Å². The van der Waals surface area contributed by atoms with E-state index < -0.39 is 9.84 Å². The van der Waals surface area contributed by atoms with E-state index in [0.717, 1.165) is 22.4 Å². The fourth-order valence-electron chi connectivity index (χ4n) is 2.55. The predicted octanol–water partition coefficient (Wildman–Crippen LogP) is 3.41. The number of hydrogen-bond acceptors (Lipinski definition) is 3. The Bertz CT molecular complexity index is 788. The van der Waals surface area contributed by atoms with Gasteiger partial charge in [0.2, 0.25) is 5.91 Å². The third-order valence-corrected chi connectivity index (χ3v) is 5.37. The highest BCUT2D eigenvalue weighted by atomic mass is 32.2. The lowest BCUT2D eigenvalue weighted by atomic mass is 10.1. The number of hydrogen-bond donors (Lipinski definition) is 1. The Labute approximate surface area is 137 Å². The van der Waals surface area contributed by atoms with Crippen LogP contribution in [0.2, 0.25) is 0 Å². The summed E-state index contributed by atoms with van der Waals surface area (Å²) in [5.74, 6) is -0.494. The van der Waals surface area contributed by atoms with Gasteiger partial charge >= 0.3 is 0 Å². The average molecular weight is 331 g/mol. The lowest BCUT2D eigenvalue weighted by molar-refractivity contribution is -0.115. The maximum Gasteiger partial charge on any atom is 0.225 e. The largest absolute Gasteiger partial charge is 0.326 e. The third-order valence-electron chi connectivity index (χ3n) is 3.64. The summed E-state index contributed by atoms with van der Waals surface area (Å²) in [7, 11) is -3.44. The molecular weight excluding hydrogens is 310 g/mol. The zero-order valence-corrected chi connectivity index (χ0v) is 14.4. The van der Waals surface area contributed by atoms with Gasteiger partial charge in [-0.3, -0.25) is 4.79 Å². The Kier molecular flexibility index (Phi) is 5.21. The first kappa shape index (κ1) is 17.2. The molecule has 0 saturated carbocycles. The van der Waals surface area contributed by atoms with Gasteiger partial charge in [0, 0.05) is 12.1 Å². The molecule has 0 saturated heterocycles. The van der Waals surface area contributed by atoms with Crippen molar-refractivity contribution in [1.82, 2.24) is 0 Å².